The number of anilines is 1. The van der Waals surface area contributed by atoms with Gasteiger partial charge in [0.25, 0.3) is 0 Å². The Kier molecular flexibility index (Phi) is 2.69. The molecular formula is C11H12N6S. The summed E-state index contributed by atoms with van der Waals surface area (Å²) in [4.78, 5) is 14.0. The van der Waals surface area contributed by atoms with Gasteiger partial charge in [0.05, 0.1) is 5.39 Å². The highest BCUT2D eigenvalue weighted by atomic mass is 32.1. The number of thiophene rings is 1. The summed E-state index contributed by atoms with van der Waals surface area (Å²) < 4.78 is 1.97. The predicted octanol–water partition coefficient (Wildman–Crippen LogP) is 1.72. The van der Waals surface area contributed by atoms with Gasteiger partial charge in [0.1, 0.15) is 10.7 Å². The van der Waals surface area contributed by atoms with Crippen molar-refractivity contribution in [2.75, 3.05) is 5.43 Å². The Morgan fingerprint density at radius 1 is 1.44 bits per heavy atom. The highest BCUT2D eigenvalue weighted by molar-refractivity contribution is 7.16. The number of hydrogen-bond donors (Lipinski definition) is 2. The molecule has 0 aliphatic rings. The topological polar surface area (TPSA) is 81.7 Å². The van der Waals surface area contributed by atoms with Gasteiger partial charge in [-0.15, -0.1) is 11.3 Å². The van der Waals surface area contributed by atoms with Gasteiger partial charge >= 0.3 is 0 Å². The molecule has 0 aromatic carbocycles. The summed E-state index contributed by atoms with van der Waals surface area (Å²) in [7, 11) is 0. The molecule has 0 aliphatic heterocycles. The molecule has 0 spiro atoms. The summed E-state index contributed by atoms with van der Waals surface area (Å²) in [6.45, 7) is 2.06. The van der Waals surface area contributed by atoms with Gasteiger partial charge < -0.3 is 0 Å². The molecule has 3 aromatic heterocycles. The summed E-state index contributed by atoms with van der Waals surface area (Å²) in [5.41, 5.74) is 2.50. The van der Waals surface area contributed by atoms with Crippen LogP contribution in [-0.2, 0) is 6.42 Å². The summed E-state index contributed by atoms with van der Waals surface area (Å²) in [6.07, 6.45) is 4.52. The first-order chi connectivity index (χ1) is 8.83. The Balaban J connectivity index is 2.30. The molecule has 3 heterocycles. The van der Waals surface area contributed by atoms with E-state index in [1.807, 2.05) is 22.2 Å². The number of hydrogen-bond acceptors (Lipinski definition) is 6. The van der Waals surface area contributed by atoms with Crippen LogP contribution in [0.3, 0.4) is 0 Å². The third-order valence-corrected chi connectivity index (χ3v) is 3.50. The number of imidazole rings is 1. The maximum Gasteiger partial charge on any atom is 0.240 e. The zero-order valence-corrected chi connectivity index (χ0v) is 10.6. The first-order valence-corrected chi connectivity index (χ1v) is 6.46. The first kappa shape index (κ1) is 11.1. The molecule has 3 aromatic rings. The van der Waals surface area contributed by atoms with Gasteiger partial charge in [0.2, 0.25) is 5.95 Å². The number of nitrogens with zero attached hydrogens (tertiary/aromatic N) is 4. The molecule has 7 heteroatoms. The second-order valence-electron chi connectivity index (χ2n) is 3.72. The molecule has 0 saturated carbocycles. The zero-order chi connectivity index (χ0) is 12.5. The van der Waals surface area contributed by atoms with Gasteiger partial charge in [-0.2, -0.15) is 4.98 Å². The van der Waals surface area contributed by atoms with E-state index < -0.39 is 0 Å². The molecule has 0 radical (unpaired) electrons. The van der Waals surface area contributed by atoms with Crippen LogP contribution < -0.4 is 11.3 Å². The molecule has 92 valence electrons. The largest absolute Gasteiger partial charge is 0.292 e. The predicted molar refractivity (Wildman–Crippen MR) is 71.7 cm³/mol. The number of nitrogens with two attached hydrogens (primary N) is 1. The second kappa shape index (κ2) is 4.35. The van der Waals surface area contributed by atoms with Gasteiger partial charge in [-0.25, -0.2) is 15.8 Å². The Bertz CT molecular complexity index is 686. The van der Waals surface area contributed by atoms with Crippen LogP contribution >= 0.6 is 11.3 Å². The van der Waals surface area contributed by atoms with Gasteiger partial charge in [-0.1, -0.05) is 6.92 Å². The molecule has 3 rings (SSSR count). The van der Waals surface area contributed by atoms with Crippen LogP contribution in [0.15, 0.2) is 23.8 Å². The van der Waals surface area contributed by atoms with Crippen LogP contribution in [0, 0.1) is 0 Å². The minimum Gasteiger partial charge on any atom is -0.292 e. The molecule has 18 heavy (non-hydrogen) atoms. The molecule has 0 atom stereocenters. The number of rotatable bonds is 3. The van der Waals surface area contributed by atoms with Crippen molar-refractivity contribution in [1.82, 2.24) is 19.5 Å². The van der Waals surface area contributed by atoms with Crippen LogP contribution in [0.4, 0.5) is 5.95 Å². The third-order valence-electron chi connectivity index (χ3n) is 2.70. The highest BCUT2D eigenvalue weighted by Crippen LogP contribution is 2.26. The van der Waals surface area contributed by atoms with E-state index in [1.165, 1.54) is 0 Å². The van der Waals surface area contributed by atoms with E-state index in [1.54, 1.807) is 17.5 Å². The van der Waals surface area contributed by atoms with Crippen molar-refractivity contribution in [3.8, 4) is 5.82 Å². The van der Waals surface area contributed by atoms with E-state index >= 15 is 0 Å². The lowest BCUT2D eigenvalue weighted by atomic mass is 10.3. The molecule has 0 unspecified atom stereocenters. The lowest BCUT2D eigenvalue weighted by molar-refractivity contribution is 0.871. The minimum atomic E-state index is 0.413. The van der Waals surface area contributed by atoms with Crippen LogP contribution in [-0.4, -0.2) is 19.5 Å². The lowest BCUT2D eigenvalue weighted by Gasteiger charge is -2.08. The van der Waals surface area contributed by atoms with E-state index in [0.717, 1.165) is 28.3 Å². The van der Waals surface area contributed by atoms with E-state index in [4.69, 9.17) is 5.84 Å². The summed E-state index contributed by atoms with van der Waals surface area (Å²) in [5.74, 6) is 7.59. The smallest absolute Gasteiger partial charge is 0.240 e. The van der Waals surface area contributed by atoms with Gasteiger partial charge in [0, 0.05) is 18.8 Å². The molecule has 0 fully saturated rings. The quantitative estimate of drug-likeness (QED) is 0.553. The Morgan fingerprint density at radius 3 is 3.11 bits per heavy atom. The minimum absolute atomic E-state index is 0.413. The number of aryl methyl sites for hydroxylation is 1. The van der Waals surface area contributed by atoms with Crippen molar-refractivity contribution < 1.29 is 0 Å². The normalized spacial score (nSPS) is 11.0. The summed E-state index contributed by atoms with van der Waals surface area (Å²) >= 11 is 1.56. The number of nitrogen functional groups attached to an aromatic ring is 1. The molecule has 0 bridgehead atoms. The summed E-state index contributed by atoms with van der Waals surface area (Å²) in [6, 6.07) is 2.01. The highest BCUT2D eigenvalue weighted by Gasteiger charge is 2.12. The maximum absolute atomic E-state index is 5.41. The van der Waals surface area contributed by atoms with Crippen molar-refractivity contribution in [1.29, 1.82) is 0 Å². The van der Waals surface area contributed by atoms with Gasteiger partial charge in [0.15, 0.2) is 5.82 Å². The third kappa shape index (κ3) is 1.64. The van der Waals surface area contributed by atoms with E-state index in [0.29, 0.717) is 5.95 Å². The van der Waals surface area contributed by atoms with Crippen molar-refractivity contribution in [3.05, 3.63) is 29.7 Å². The van der Waals surface area contributed by atoms with E-state index in [-0.39, 0.29) is 0 Å². The van der Waals surface area contributed by atoms with Crippen LogP contribution in [0.2, 0.25) is 0 Å². The van der Waals surface area contributed by atoms with Crippen molar-refractivity contribution in [2.45, 2.75) is 13.3 Å². The van der Waals surface area contributed by atoms with Crippen LogP contribution in [0.25, 0.3) is 16.0 Å². The Morgan fingerprint density at radius 2 is 2.33 bits per heavy atom. The Hall–Kier alpha value is -1.99. The average molecular weight is 260 g/mol. The molecule has 0 saturated heterocycles. The fraction of sp³-hybridized carbons (Fsp3) is 0.182. The molecular weight excluding hydrogens is 248 g/mol. The Labute approximate surface area is 107 Å². The number of fused-ring (bicyclic) bond motifs is 1. The van der Waals surface area contributed by atoms with Gasteiger partial charge in [-0.3, -0.25) is 9.99 Å². The van der Waals surface area contributed by atoms with E-state index in [2.05, 4.69) is 27.3 Å². The number of nitrogens with one attached hydrogen (secondary N) is 1. The van der Waals surface area contributed by atoms with Crippen molar-refractivity contribution in [3.63, 3.8) is 0 Å². The monoisotopic (exact) mass is 260 g/mol. The zero-order valence-electron chi connectivity index (χ0n) is 9.79. The number of hydrazine groups is 1. The standard InChI is InChI=1S/C11H12N6S/c1-2-8-13-4-5-17(8)9-7-3-6-18-10(7)15-11(14-9)16-12/h3-6H,2,12H2,1H3,(H,14,15,16). The molecule has 0 aliphatic carbocycles. The van der Waals surface area contributed by atoms with Crippen molar-refractivity contribution >= 4 is 27.5 Å². The molecule has 3 N–H and O–H groups in total. The maximum atomic E-state index is 5.41. The lowest BCUT2D eigenvalue weighted by Crippen LogP contribution is -2.12. The molecule has 0 amide bonds. The average Bonchev–Trinajstić information content (AvgIpc) is 3.05. The fourth-order valence-corrected chi connectivity index (χ4v) is 2.64. The van der Waals surface area contributed by atoms with E-state index in [9.17, 15) is 0 Å². The van der Waals surface area contributed by atoms with Crippen LogP contribution in [0.5, 0.6) is 0 Å². The van der Waals surface area contributed by atoms with Crippen LogP contribution in [0.1, 0.15) is 12.7 Å². The van der Waals surface area contributed by atoms with Gasteiger partial charge in [-0.05, 0) is 11.4 Å². The SMILES string of the molecule is CCc1nccn1-c1nc(NN)nc2sccc12. The fourth-order valence-electron chi connectivity index (χ4n) is 1.88. The molecule has 6 nitrogen and oxygen atoms in total. The summed E-state index contributed by atoms with van der Waals surface area (Å²) in [5, 5.41) is 3.00. The number of aromatic nitrogens is 4. The first-order valence-electron chi connectivity index (χ1n) is 5.58. The van der Waals surface area contributed by atoms with Crippen molar-refractivity contribution in [2.24, 2.45) is 5.84 Å². The second-order valence-corrected chi connectivity index (χ2v) is 4.62.